The molecule has 0 amide bonds. The molecule has 0 spiro atoms. The van der Waals surface area contributed by atoms with Gasteiger partial charge in [0.05, 0.1) is 11.9 Å². The molecule has 102 valence electrons. The fraction of sp³-hybridized carbons (Fsp3) is 0.182. The fourth-order valence-corrected chi connectivity index (χ4v) is 2.83. The quantitative estimate of drug-likeness (QED) is 0.746. The maximum atomic E-state index is 11.2. The molecule has 8 nitrogen and oxygen atoms in total. The van der Waals surface area contributed by atoms with Crippen LogP contribution in [0, 0.1) is 6.92 Å². The van der Waals surface area contributed by atoms with E-state index in [0.717, 1.165) is 11.3 Å². The second-order valence-corrected chi connectivity index (χ2v) is 4.96. The number of carboxylic acids is 1. The van der Waals surface area contributed by atoms with Crippen LogP contribution in [-0.2, 0) is 6.54 Å². The van der Waals surface area contributed by atoms with Gasteiger partial charge in [0.15, 0.2) is 5.82 Å². The lowest BCUT2D eigenvalue weighted by Gasteiger charge is -2.04. The highest BCUT2D eigenvalue weighted by Gasteiger charge is 2.18. The van der Waals surface area contributed by atoms with Crippen LogP contribution in [0.3, 0.4) is 0 Å². The molecule has 0 saturated carbocycles. The molecule has 9 heteroatoms. The molecule has 0 aliphatic carbocycles. The van der Waals surface area contributed by atoms with Crippen molar-refractivity contribution < 1.29 is 14.4 Å². The van der Waals surface area contributed by atoms with Crippen LogP contribution in [0.2, 0.25) is 0 Å². The lowest BCUT2D eigenvalue weighted by molar-refractivity contribution is 0.0701. The average molecular weight is 291 g/mol. The first-order valence-corrected chi connectivity index (χ1v) is 6.45. The predicted molar refractivity (Wildman–Crippen MR) is 70.7 cm³/mol. The number of aromatic nitrogens is 4. The molecule has 0 aromatic carbocycles. The number of nitrogens with one attached hydrogen (secondary N) is 1. The van der Waals surface area contributed by atoms with Gasteiger partial charge in [-0.25, -0.2) is 14.8 Å². The van der Waals surface area contributed by atoms with Gasteiger partial charge in [0, 0.05) is 0 Å². The van der Waals surface area contributed by atoms with E-state index in [0.29, 0.717) is 34.0 Å². The van der Waals surface area contributed by atoms with Crippen molar-refractivity contribution in [2.45, 2.75) is 13.5 Å². The van der Waals surface area contributed by atoms with Crippen LogP contribution in [0.4, 0.5) is 5.82 Å². The van der Waals surface area contributed by atoms with Gasteiger partial charge >= 0.3 is 5.97 Å². The number of hydrogen-bond acceptors (Lipinski definition) is 8. The summed E-state index contributed by atoms with van der Waals surface area (Å²) in [6, 6.07) is 0. The highest BCUT2D eigenvalue weighted by Crippen LogP contribution is 2.33. The first kappa shape index (κ1) is 12.5. The summed E-state index contributed by atoms with van der Waals surface area (Å²) in [5, 5.41) is 16.6. The number of thiophene rings is 1. The van der Waals surface area contributed by atoms with Crippen molar-refractivity contribution in [2.24, 2.45) is 0 Å². The molecule has 0 unspecified atom stereocenters. The molecular formula is C11H9N5O3S. The molecule has 0 aliphatic rings. The fourth-order valence-electron chi connectivity index (χ4n) is 1.84. The molecule has 0 fully saturated rings. The molecule has 0 saturated heterocycles. The Hall–Kier alpha value is -2.55. The maximum absolute atomic E-state index is 11.2. The van der Waals surface area contributed by atoms with E-state index in [2.05, 4.69) is 29.9 Å². The van der Waals surface area contributed by atoms with Gasteiger partial charge < -0.3 is 14.9 Å². The molecular weight excluding hydrogens is 282 g/mol. The number of carboxylic acid groups (broad SMARTS) is 1. The van der Waals surface area contributed by atoms with Crippen LogP contribution in [0.25, 0.3) is 10.2 Å². The molecule has 0 radical (unpaired) electrons. The zero-order valence-electron chi connectivity index (χ0n) is 10.3. The van der Waals surface area contributed by atoms with E-state index in [1.807, 2.05) is 0 Å². The van der Waals surface area contributed by atoms with Crippen molar-refractivity contribution in [1.29, 1.82) is 0 Å². The lowest BCUT2D eigenvalue weighted by atomic mass is 10.2. The number of hydrogen-bond donors (Lipinski definition) is 2. The van der Waals surface area contributed by atoms with E-state index in [-0.39, 0.29) is 4.88 Å². The summed E-state index contributed by atoms with van der Waals surface area (Å²) in [4.78, 5) is 24.2. The number of fused-ring (bicyclic) bond motifs is 1. The summed E-state index contributed by atoms with van der Waals surface area (Å²) in [5.74, 6) is 0.0822. The number of anilines is 1. The van der Waals surface area contributed by atoms with Crippen molar-refractivity contribution in [1.82, 2.24) is 20.1 Å². The summed E-state index contributed by atoms with van der Waals surface area (Å²) in [6.45, 7) is 2.07. The van der Waals surface area contributed by atoms with E-state index in [9.17, 15) is 4.79 Å². The Morgan fingerprint density at radius 1 is 1.45 bits per heavy atom. The van der Waals surface area contributed by atoms with Gasteiger partial charge in [0.1, 0.15) is 21.9 Å². The molecule has 0 bridgehead atoms. The van der Waals surface area contributed by atoms with Crippen molar-refractivity contribution in [2.75, 3.05) is 5.32 Å². The number of aromatic carboxylic acids is 1. The lowest BCUT2D eigenvalue weighted by Crippen LogP contribution is -2.04. The van der Waals surface area contributed by atoms with Gasteiger partial charge in [-0.1, -0.05) is 5.16 Å². The molecule has 0 atom stereocenters. The highest BCUT2D eigenvalue weighted by molar-refractivity contribution is 7.20. The van der Waals surface area contributed by atoms with Crippen LogP contribution in [0.5, 0.6) is 0 Å². The summed E-state index contributed by atoms with van der Waals surface area (Å²) in [5.41, 5.74) is 0.647. The minimum atomic E-state index is -0.963. The smallest absolute Gasteiger partial charge is 0.346 e. The van der Waals surface area contributed by atoms with Crippen molar-refractivity contribution in [3.05, 3.63) is 29.0 Å². The third-order valence-corrected chi connectivity index (χ3v) is 3.93. The largest absolute Gasteiger partial charge is 0.477 e. The third kappa shape index (κ3) is 2.07. The van der Waals surface area contributed by atoms with Crippen LogP contribution >= 0.6 is 11.3 Å². The molecule has 3 rings (SSSR count). The Morgan fingerprint density at radius 2 is 2.30 bits per heavy atom. The topological polar surface area (TPSA) is 114 Å². The Labute approximate surface area is 116 Å². The van der Waals surface area contributed by atoms with Crippen molar-refractivity contribution in [3.63, 3.8) is 0 Å². The number of carbonyl (C=O) groups is 1. The van der Waals surface area contributed by atoms with E-state index in [1.165, 1.54) is 12.7 Å². The third-order valence-electron chi connectivity index (χ3n) is 2.74. The number of nitrogens with zero attached hydrogens (tertiary/aromatic N) is 4. The molecule has 20 heavy (non-hydrogen) atoms. The first-order valence-electron chi connectivity index (χ1n) is 5.63. The van der Waals surface area contributed by atoms with E-state index in [1.54, 1.807) is 6.92 Å². The zero-order valence-corrected chi connectivity index (χ0v) is 11.1. The van der Waals surface area contributed by atoms with E-state index >= 15 is 0 Å². The highest BCUT2D eigenvalue weighted by atomic mass is 32.1. The van der Waals surface area contributed by atoms with Gasteiger partial charge in [-0.2, -0.15) is 4.98 Å². The van der Waals surface area contributed by atoms with Gasteiger partial charge in [-0.3, -0.25) is 0 Å². The molecule has 3 heterocycles. The summed E-state index contributed by atoms with van der Waals surface area (Å²) < 4.78 is 4.64. The van der Waals surface area contributed by atoms with Gasteiger partial charge in [-0.05, 0) is 12.5 Å². The zero-order chi connectivity index (χ0) is 14.1. The van der Waals surface area contributed by atoms with Crippen molar-refractivity contribution in [3.8, 4) is 0 Å². The predicted octanol–water partition coefficient (Wildman–Crippen LogP) is 1.69. The summed E-state index contributed by atoms with van der Waals surface area (Å²) >= 11 is 1.13. The average Bonchev–Trinajstić information content (AvgIpc) is 3.05. The second kappa shape index (κ2) is 4.85. The van der Waals surface area contributed by atoms with E-state index < -0.39 is 5.97 Å². The van der Waals surface area contributed by atoms with Crippen LogP contribution in [0.15, 0.2) is 17.2 Å². The monoisotopic (exact) mass is 291 g/mol. The normalized spacial score (nSPS) is 10.8. The minimum absolute atomic E-state index is 0.267. The number of aryl methyl sites for hydroxylation is 1. The maximum Gasteiger partial charge on any atom is 0.346 e. The second-order valence-electron chi connectivity index (χ2n) is 3.96. The van der Waals surface area contributed by atoms with Crippen LogP contribution in [0.1, 0.15) is 21.1 Å². The molecule has 2 N–H and O–H groups in total. The number of rotatable bonds is 4. The Morgan fingerprint density at radius 3 is 3.00 bits per heavy atom. The summed E-state index contributed by atoms with van der Waals surface area (Å²) in [6.07, 6.45) is 2.63. The standard InChI is InChI=1S/C11H9N5O3S/c1-5-7-9(12-2-6-15-4-19-16-6)13-3-14-10(7)20-8(5)11(17)18/h3-4H,2H2,1H3,(H,17,18)(H,12,13,14). The van der Waals surface area contributed by atoms with Crippen molar-refractivity contribution >= 4 is 33.3 Å². The SMILES string of the molecule is Cc1c(C(=O)O)sc2ncnc(NCc3ncon3)c12. The first-order chi connectivity index (χ1) is 9.66. The minimum Gasteiger partial charge on any atom is -0.477 e. The Balaban J connectivity index is 2.00. The van der Waals surface area contributed by atoms with E-state index in [4.69, 9.17) is 5.11 Å². The molecule has 3 aromatic heterocycles. The van der Waals surface area contributed by atoms with Gasteiger partial charge in [-0.15, -0.1) is 11.3 Å². The molecule has 0 aliphatic heterocycles. The van der Waals surface area contributed by atoms with Crippen LogP contribution in [-0.4, -0.2) is 31.2 Å². The molecule has 3 aromatic rings. The summed E-state index contributed by atoms with van der Waals surface area (Å²) in [7, 11) is 0. The van der Waals surface area contributed by atoms with Gasteiger partial charge in [0.2, 0.25) is 6.39 Å². The Kier molecular flexibility index (Phi) is 3.03. The van der Waals surface area contributed by atoms with Crippen LogP contribution < -0.4 is 5.32 Å². The Bertz CT molecular complexity index is 768. The van der Waals surface area contributed by atoms with Gasteiger partial charge in [0.25, 0.3) is 0 Å².